The number of nitro benzene ring substituents is 1. The Morgan fingerprint density at radius 3 is 2.28 bits per heavy atom. The second-order valence-electron chi connectivity index (χ2n) is 7.41. The Morgan fingerprint density at radius 1 is 1.16 bits per heavy atom. The molecule has 0 radical (unpaired) electrons. The van der Waals surface area contributed by atoms with Gasteiger partial charge >= 0.3 is 0 Å². The summed E-state index contributed by atoms with van der Waals surface area (Å²) in [6.07, 6.45) is 0.935. The van der Waals surface area contributed by atoms with Crippen LogP contribution in [0.1, 0.15) is 12.5 Å². The van der Waals surface area contributed by atoms with E-state index in [0.29, 0.717) is 36.2 Å². The lowest BCUT2D eigenvalue weighted by Gasteiger charge is -2.35. The average Bonchev–Trinajstić information content (AvgIpc) is 2.71. The van der Waals surface area contributed by atoms with Gasteiger partial charge in [0.15, 0.2) is 0 Å². The molecular formula is C18H29BrN4O7S2. The van der Waals surface area contributed by atoms with E-state index in [2.05, 4.69) is 20.8 Å². The maximum absolute atomic E-state index is 13.6. The van der Waals surface area contributed by atoms with Crippen molar-refractivity contribution in [2.75, 3.05) is 68.9 Å². The fourth-order valence-electron chi connectivity index (χ4n) is 3.60. The molecule has 0 unspecified atom stereocenters. The van der Waals surface area contributed by atoms with Gasteiger partial charge in [-0.25, -0.2) is 8.42 Å². The smallest absolute Gasteiger partial charge is 0.271 e. The first-order valence-electron chi connectivity index (χ1n) is 10.1. The van der Waals surface area contributed by atoms with Gasteiger partial charge in [-0.05, 0) is 19.0 Å². The number of halogens is 1. The number of benzene rings is 1. The molecule has 14 heteroatoms. The van der Waals surface area contributed by atoms with Crippen molar-refractivity contribution in [2.45, 2.75) is 18.7 Å². The van der Waals surface area contributed by atoms with Crippen LogP contribution in [0, 0.1) is 17.0 Å². The number of hydrogen-bond acceptors (Lipinski definition) is 9. The van der Waals surface area contributed by atoms with Gasteiger partial charge in [0.2, 0.25) is 10.0 Å². The van der Waals surface area contributed by atoms with Crippen molar-refractivity contribution >= 4 is 47.4 Å². The number of sulfonamides is 1. The molecule has 11 nitrogen and oxygen atoms in total. The van der Waals surface area contributed by atoms with Crippen molar-refractivity contribution in [2.24, 2.45) is 0 Å². The van der Waals surface area contributed by atoms with E-state index in [1.807, 2.05) is 6.92 Å². The third kappa shape index (κ3) is 6.84. The summed E-state index contributed by atoms with van der Waals surface area (Å²) in [7, 11) is -7.70. The minimum Gasteiger partial charge on any atom is -0.367 e. The van der Waals surface area contributed by atoms with Crippen LogP contribution in [0.15, 0.2) is 17.0 Å². The van der Waals surface area contributed by atoms with Crippen molar-refractivity contribution in [3.63, 3.8) is 0 Å². The number of nitro groups is 1. The molecule has 1 saturated heterocycles. The Hall–Kier alpha value is -1.32. The number of hydrogen-bond donors (Lipinski definition) is 0. The number of non-ortho nitro benzene ring substituents is 1. The van der Waals surface area contributed by atoms with E-state index in [1.165, 1.54) is 10.4 Å². The summed E-state index contributed by atoms with van der Waals surface area (Å²) < 4.78 is 56.1. The number of nitrogens with zero attached hydrogens (tertiary/aromatic N) is 4. The van der Waals surface area contributed by atoms with Gasteiger partial charge in [-0.1, -0.05) is 22.9 Å². The molecule has 1 aromatic rings. The van der Waals surface area contributed by atoms with Crippen LogP contribution < -0.4 is 4.90 Å². The first-order valence-corrected chi connectivity index (χ1v) is 14.5. The monoisotopic (exact) mass is 556 g/mol. The Bertz CT molecular complexity index is 1030. The zero-order valence-electron chi connectivity index (χ0n) is 18.4. The zero-order valence-corrected chi connectivity index (χ0v) is 21.6. The molecular weight excluding hydrogens is 528 g/mol. The summed E-state index contributed by atoms with van der Waals surface area (Å²) in [6.45, 7) is 6.39. The van der Waals surface area contributed by atoms with Crippen LogP contribution >= 0.6 is 15.9 Å². The van der Waals surface area contributed by atoms with Crippen LogP contribution in [0.25, 0.3) is 0 Å². The summed E-state index contributed by atoms with van der Waals surface area (Å²) in [5.74, 6) is 0. The lowest BCUT2D eigenvalue weighted by Crippen LogP contribution is -2.48. The minimum atomic E-state index is -4.03. The normalized spacial score (nSPS) is 16.2. The van der Waals surface area contributed by atoms with Crippen LogP contribution in [0.3, 0.4) is 0 Å². The van der Waals surface area contributed by atoms with E-state index in [0.717, 1.165) is 18.9 Å². The molecule has 0 spiro atoms. The first kappa shape index (κ1) is 26.9. The van der Waals surface area contributed by atoms with Crippen molar-refractivity contribution in [3.8, 4) is 0 Å². The minimum absolute atomic E-state index is 0.0868. The highest BCUT2D eigenvalue weighted by atomic mass is 79.9. The zero-order chi connectivity index (χ0) is 24.1. The molecule has 1 fully saturated rings. The van der Waals surface area contributed by atoms with Crippen molar-refractivity contribution in [1.29, 1.82) is 0 Å². The molecule has 1 aliphatic heterocycles. The standard InChI is InChI=1S/C18H29BrN4O7S2/c1-4-20-7-9-22(10-8-20)32(28,29)17-14-16(23(24)25)13-15(2)18(17)21(6-5-19)11-12-30-31(3,26)27/h13-14H,4-12H2,1-3H3. The fourth-order valence-corrected chi connectivity index (χ4v) is 6.13. The van der Waals surface area contributed by atoms with Gasteiger partial charge in [0.25, 0.3) is 15.8 Å². The van der Waals surface area contributed by atoms with Gasteiger partial charge in [0.05, 0.1) is 23.5 Å². The summed E-state index contributed by atoms with van der Waals surface area (Å²) in [4.78, 5) is 14.5. The molecule has 0 atom stereocenters. The van der Waals surface area contributed by atoms with Crippen molar-refractivity contribution in [1.82, 2.24) is 9.21 Å². The van der Waals surface area contributed by atoms with E-state index in [1.54, 1.807) is 11.8 Å². The van der Waals surface area contributed by atoms with Crippen LogP contribution in [-0.4, -0.2) is 95.0 Å². The van der Waals surface area contributed by atoms with Gasteiger partial charge in [-0.15, -0.1) is 0 Å². The molecule has 0 aromatic heterocycles. The van der Waals surface area contributed by atoms with E-state index >= 15 is 0 Å². The van der Waals surface area contributed by atoms with Crippen molar-refractivity contribution in [3.05, 3.63) is 27.8 Å². The molecule has 0 aliphatic carbocycles. The van der Waals surface area contributed by atoms with E-state index in [4.69, 9.17) is 4.18 Å². The Balaban J connectivity index is 2.52. The number of likely N-dealkylation sites (N-methyl/N-ethyl adjacent to an activating group) is 1. The number of anilines is 1. The van der Waals surface area contributed by atoms with Crippen LogP contribution in [0.4, 0.5) is 11.4 Å². The lowest BCUT2D eigenvalue weighted by atomic mass is 10.1. The Kier molecular flexibility index (Phi) is 9.43. The second kappa shape index (κ2) is 11.2. The maximum atomic E-state index is 13.6. The van der Waals surface area contributed by atoms with E-state index < -0.39 is 25.1 Å². The first-order chi connectivity index (χ1) is 14.9. The second-order valence-corrected chi connectivity index (χ2v) is 11.8. The van der Waals surface area contributed by atoms with E-state index in [-0.39, 0.29) is 36.8 Å². The predicted octanol–water partition coefficient (Wildman–Crippen LogP) is 1.41. The third-order valence-electron chi connectivity index (χ3n) is 5.19. The van der Waals surface area contributed by atoms with Crippen LogP contribution in [0.5, 0.6) is 0 Å². The van der Waals surface area contributed by atoms with Gasteiger partial charge in [-0.3, -0.25) is 14.3 Å². The summed E-state index contributed by atoms with van der Waals surface area (Å²) >= 11 is 3.33. The maximum Gasteiger partial charge on any atom is 0.271 e. The molecule has 0 amide bonds. The molecule has 182 valence electrons. The molecule has 1 aliphatic rings. The van der Waals surface area contributed by atoms with Gasteiger partial charge in [0, 0.05) is 56.7 Å². The molecule has 0 N–H and O–H groups in total. The van der Waals surface area contributed by atoms with Gasteiger partial charge in [0.1, 0.15) is 4.90 Å². The van der Waals surface area contributed by atoms with Crippen LogP contribution in [-0.2, 0) is 24.3 Å². The molecule has 32 heavy (non-hydrogen) atoms. The van der Waals surface area contributed by atoms with Crippen LogP contribution in [0.2, 0.25) is 0 Å². The highest BCUT2D eigenvalue weighted by Crippen LogP contribution is 2.35. The highest BCUT2D eigenvalue weighted by Gasteiger charge is 2.34. The number of piperazine rings is 1. The van der Waals surface area contributed by atoms with Gasteiger partial charge in [-0.2, -0.15) is 12.7 Å². The molecule has 1 heterocycles. The van der Waals surface area contributed by atoms with Gasteiger partial charge < -0.3 is 9.80 Å². The number of aryl methyl sites for hydroxylation is 1. The number of rotatable bonds is 11. The largest absolute Gasteiger partial charge is 0.367 e. The van der Waals surface area contributed by atoms with E-state index in [9.17, 15) is 26.9 Å². The van der Waals surface area contributed by atoms with Crippen molar-refractivity contribution < 1.29 is 25.9 Å². The third-order valence-corrected chi connectivity index (χ3v) is 8.05. The fraction of sp³-hybridized carbons (Fsp3) is 0.667. The predicted molar refractivity (Wildman–Crippen MR) is 126 cm³/mol. The highest BCUT2D eigenvalue weighted by molar-refractivity contribution is 9.09. The average molecular weight is 557 g/mol. The Morgan fingerprint density at radius 2 is 1.78 bits per heavy atom. The lowest BCUT2D eigenvalue weighted by molar-refractivity contribution is -0.385. The molecule has 1 aromatic carbocycles. The Labute approximate surface area is 197 Å². The quantitative estimate of drug-likeness (QED) is 0.172. The molecule has 2 rings (SSSR count). The summed E-state index contributed by atoms with van der Waals surface area (Å²) in [5.41, 5.74) is 0.401. The molecule has 0 saturated carbocycles. The summed E-state index contributed by atoms with van der Waals surface area (Å²) in [5, 5.41) is 11.9. The SMILES string of the molecule is CCN1CCN(S(=O)(=O)c2cc([N+](=O)[O-])cc(C)c2N(CCBr)CCOS(C)(=O)=O)CC1. The summed E-state index contributed by atoms with van der Waals surface area (Å²) in [6, 6.07) is 2.41. The topological polar surface area (TPSA) is 130 Å². The molecule has 0 bridgehead atoms. The number of alkyl halides is 1.